The molecule has 1 aliphatic rings. The zero-order valence-corrected chi connectivity index (χ0v) is 9.95. The highest BCUT2D eigenvalue weighted by molar-refractivity contribution is 5.85. The highest BCUT2D eigenvalue weighted by Gasteiger charge is 2.28. The maximum absolute atomic E-state index is 11.8. The molecule has 1 rings (SSSR count). The molecule has 1 heterocycles. The Morgan fingerprint density at radius 3 is 2.67 bits per heavy atom. The number of carbonyl (C=O) groups excluding carboxylic acids is 2. The van der Waals surface area contributed by atoms with Crippen LogP contribution in [0.2, 0.25) is 0 Å². The number of Topliss-reactive ketones (excluding diaryl/α,β-unsaturated/α-hetero) is 1. The molecule has 3 heteroatoms. The standard InChI is InChI=1S/C12H21NO2/c1-9(2)11-6-4-5-7-12(15)13(11)8-10(3)14/h9,11H,4-8H2,1-3H3. The van der Waals surface area contributed by atoms with Crippen LogP contribution >= 0.6 is 0 Å². The van der Waals surface area contributed by atoms with Gasteiger partial charge in [0.05, 0.1) is 6.54 Å². The lowest BCUT2D eigenvalue weighted by Crippen LogP contribution is -2.44. The zero-order valence-electron chi connectivity index (χ0n) is 9.95. The molecule has 0 aliphatic carbocycles. The van der Waals surface area contributed by atoms with Crippen molar-refractivity contribution in [1.82, 2.24) is 4.90 Å². The molecule has 0 bridgehead atoms. The van der Waals surface area contributed by atoms with Gasteiger partial charge in [0.2, 0.25) is 5.91 Å². The van der Waals surface area contributed by atoms with E-state index in [1.54, 1.807) is 11.8 Å². The average Bonchev–Trinajstić information content (AvgIpc) is 2.29. The van der Waals surface area contributed by atoms with Gasteiger partial charge >= 0.3 is 0 Å². The molecule has 1 saturated heterocycles. The molecule has 0 saturated carbocycles. The van der Waals surface area contributed by atoms with Crippen LogP contribution in [0.1, 0.15) is 46.5 Å². The third kappa shape index (κ3) is 3.33. The lowest BCUT2D eigenvalue weighted by molar-refractivity contribution is -0.137. The van der Waals surface area contributed by atoms with E-state index in [0.717, 1.165) is 19.3 Å². The van der Waals surface area contributed by atoms with Crippen LogP contribution in [0, 0.1) is 5.92 Å². The van der Waals surface area contributed by atoms with Crippen LogP contribution < -0.4 is 0 Å². The lowest BCUT2D eigenvalue weighted by atomic mass is 9.98. The second-order valence-corrected chi connectivity index (χ2v) is 4.78. The molecule has 0 spiro atoms. The monoisotopic (exact) mass is 211 g/mol. The Bertz CT molecular complexity index is 248. The highest BCUT2D eigenvalue weighted by atomic mass is 16.2. The molecule has 1 aliphatic heterocycles. The minimum absolute atomic E-state index is 0.0795. The largest absolute Gasteiger partial charge is 0.332 e. The van der Waals surface area contributed by atoms with Crippen molar-refractivity contribution in [2.45, 2.75) is 52.5 Å². The Morgan fingerprint density at radius 1 is 1.47 bits per heavy atom. The Kier molecular flexibility index (Phi) is 4.30. The number of rotatable bonds is 3. The number of hydrogen-bond donors (Lipinski definition) is 0. The first-order chi connectivity index (χ1) is 7.02. The first-order valence-corrected chi connectivity index (χ1v) is 5.81. The van der Waals surface area contributed by atoms with Gasteiger partial charge in [-0.25, -0.2) is 0 Å². The average molecular weight is 211 g/mol. The first kappa shape index (κ1) is 12.2. The summed E-state index contributed by atoms with van der Waals surface area (Å²) in [6, 6.07) is 0.254. The van der Waals surface area contributed by atoms with E-state index in [9.17, 15) is 9.59 Å². The normalized spacial score (nSPS) is 23.1. The summed E-state index contributed by atoms with van der Waals surface area (Å²) in [5.74, 6) is 0.670. The molecule has 3 nitrogen and oxygen atoms in total. The smallest absolute Gasteiger partial charge is 0.223 e. The third-order valence-electron chi connectivity index (χ3n) is 3.02. The van der Waals surface area contributed by atoms with E-state index in [-0.39, 0.29) is 17.7 Å². The van der Waals surface area contributed by atoms with Gasteiger partial charge in [0.1, 0.15) is 5.78 Å². The van der Waals surface area contributed by atoms with Gasteiger partial charge < -0.3 is 4.90 Å². The SMILES string of the molecule is CC(=O)CN1C(=O)CCCCC1C(C)C. The van der Waals surface area contributed by atoms with Gasteiger partial charge in [-0.3, -0.25) is 9.59 Å². The van der Waals surface area contributed by atoms with Crippen molar-refractivity contribution in [2.24, 2.45) is 5.92 Å². The molecule has 15 heavy (non-hydrogen) atoms. The van der Waals surface area contributed by atoms with Crippen LogP contribution in [-0.2, 0) is 9.59 Å². The molecular formula is C12H21NO2. The molecule has 0 radical (unpaired) electrons. The quantitative estimate of drug-likeness (QED) is 0.716. The molecular weight excluding hydrogens is 190 g/mol. The van der Waals surface area contributed by atoms with Gasteiger partial charge in [-0.2, -0.15) is 0 Å². The third-order valence-corrected chi connectivity index (χ3v) is 3.02. The molecule has 1 atom stereocenters. The summed E-state index contributed by atoms with van der Waals surface area (Å²) in [6.45, 7) is 6.09. The Morgan fingerprint density at radius 2 is 2.13 bits per heavy atom. The van der Waals surface area contributed by atoms with Crippen molar-refractivity contribution in [1.29, 1.82) is 0 Å². The Hall–Kier alpha value is -0.860. The second kappa shape index (κ2) is 5.29. The van der Waals surface area contributed by atoms with Crippen molar-refractivity contribution >= 4 is 11.7 Å². The van der Waals surface area contributed by atoms with E-state index >= 15 is 0 Å². The van der Waals surface area contributed by atoms with Crippen LogP contribution in [0.25, 0.3) is 0 Å². The Labute approximate surface area is 91.8 Å². The number of amides is 1. The zero-order chi connectivity index (χ0) is 11.4. The van der Waals surface area contributed by atoms with Gasteiger partial charge in [-0.15, -0.1) is 0 Å². The minimum atomic E-state index is 0.0795. The molecule has 0 N–H and O–H groups in total. The summed E-state index contributed by atoms with van der Waals surface area (Å²) in [7, 11) is 0. The summed E-state index contributed by atoms with van der Waals surface area (Å²) >= 11 is 0. The van der Waals surface area contributed by atoms with Gasteiger partial charge in [0, 0.05) is 12.5 Å². The Balaban J connectivity index is 2.78. The summed E-state index contributed by atoms with van der Waals surface area (Å²) in [6.07, 6.45) is 3.71. The van der Waals surface area contributed by atoms with E-state index in [4.69, 9.17) is 0 Å². The summed E-state index contributed by atoms with van der Waals surface area (Å²) < 4.78 is 0. The van der Waals surface area contributed by atoms with Crippen molar-refractivity contribution in [2.75, 3.05) is 6.54 Å². The maximum Gasteiger partial charge on any atom is 0.223 e. The number of nitrogens with zero attached hydrogens (tertiary/aromatic N) is 1. The number of ketones is 1. The topological polar surface area (TPSA) is 37.4 Å². The van der Waals surface area contributed by atoms with E-state index in [0.29, 0.717) is 18.9 Å². The van der Waals surface area contributed by atoms with Gasteiger partial charge in [0.15, 0.2) is 0 Å². The second-order valence-electron chi connectivity index (χ2n) is 4.78. The predicted octanol–water partition coefficient (Wildman–Crippen LogP) is 2.00. The molecule has 1 fully saturated rings. The van der Waals surface area contributed by atoms with Gasteiger partial charge in [-0.1, -0.05) is 20.3 Å². The molecule has 0 aromatic carbocycles. The molecule has 1 amide bonds. The summed E-state index contributed by atoms with van der Waals surface area (Å²) in [5, 5.41) is 0. The van der Waals surface area contributed by atoms with E-state index in [1.807, 2.05) is 0 Å². The maximum atomic E-state index is 11.8. The predicted molar refractivity (Wildman–Crippen MR) is 59.5 cm³/mol. The molecule has 0 aromatic heterocycles. The van der Waals surface area contributed by atoms with Crippen molar-refractivity contribution in [3.05, 3.63) is 0 Å². The van der Waals surface area contributed by atoms with Crippen LogP contribution in [0.15, 0.2) is 0 Å². The van der Waals surface area contributed by atoms with E-state index in [2.05, 4.69) is 13.8 Å². The van der Waals surface area contributed by atoms with Crippen molar-refractivity contribution in [3.8, 4) is 0 Å². The lowest BCUT2D eigenvalue weighted by Gasteiger charge is -2.32. The minimum Gasteiger partial charge on any atom is -0.332 e. The van der Waals surface area contributed by atoms with Gasteiger partial charge in [0.25, 0.3) is 0 Å². The van der Waals surface area contributed by atoms with Crippen LogP contribution in [-0.4, -0.2) is 29.2 Å². The van der Waals surface area contributed by atoms with E-state index < -0.39 is 0 Å². The number of likely N-dealkylation sites (tertiary alicyclic amines) is 1. The highest BCUT2D eigenvalue weighted by Crippen LogP contribution is 2.23. The fraction of sp³-hybridized carbons (Fsp3) is 0.833. The van der Waals surface area contributed by atoms with Crippen molar-refractivity contribution < 1.29 is 9.59 Å². The first-order valence-electron chi connectivity index (χ1n) is 5.81. The number of carbonyl (C=O) groups is 2. The van der Waals surface area contributed by atoms with E-state index in [1.165, 1.54) is 0 Å². The molecule has 0 aromatic rings. The summed E-state index contributed by atoms with van der Waals surface area (Å²) in [4.78, 5) is 24.8. The van der Waals surface area contributed by atoms with Crippen LogP contribution in [0.3, 0.4) is 0 Å². The van der Waals surface area contributed by atoms with Crippen molar-refractivity contribution in [3.63, 3.8) is 0 Å². The molecule has 1 unspecified atom stereocenters. The fourth-order valence-electron chi connectivity index (χ4n) is 2.25. The van der Waals surface area contributed by atoms with Crippen LogP contribution in [0.5, 0.6) is 0 Å². The molecule has 86 valence electrons. The van der Waals surface area contributed by atoms with Crippen LogP contribution in [0.4, 0.5) is 0 Å². The number of hydrogen-bond acceptors (Lipinski definition) is 2. The van der Waals surface area contributed by atoms with Gasteiger partial charge in [-0.05, 0) is 25.7 Å². The summed E-state index contributed by atoms with van der Waals surface area (Å²) in [5.41, 5.74) is 0. The fourth-order valence-corrected chi connectivity index (χ4v) is 2.25.